The van der Waals surface area contributed by atoms with Gasteiger partial charge in [0.2, 0.25) is 11.6 Å². The van der Waals surface area contributed by atoms with Gasteiger partial charge in [-0.1, -0.05) is 104 Å². The van der Waals surface area contributed by atoms with Crippen LogP contribution in [0.5, 0.6) is 0 Å². The van der Waals surface area contributed by atoms with Crippen LogP contribution < -0.4 is 10.2 Å². The first-order chi connectivity index (χ1) is 28.3. The van der Waals surface area contributed by atoms with Crippen molar-refractivity contribution >= 4 is 54.7 Å². The van der Waals surface area contributed by atoms with E-state index in [1.54, 1.807) is 0 Å². The second-order valence-electron chi connectivity index (χ2n) is 16.4. The molecule has 0 radical (unpaired) electrons. The molecule has 0 atom stereocenters. The average Bonchev–Trinajstić information content (AvgIpc) is 3.56. The number of carbonyl (C=O) groups excluding carboxylic acids is 1. The fourth-order valence-corrected chi connectivity index (χ4v) is 9.39. The first kappa shape index (κ1) is 43.1. The quantitative estimate of drug-likeness (QED) is 0.0191. The summed E-state index contributed by atoms with van der Waals surface area (Å²) in [5.74, 6) is -0.320. The molecule has 0 spiro atoms. The summed E-state index contributed by atoms with van der Waals surface area (Å²) >= 11 is 0. The van der Waals surface area contributed by atoms with Crippen LogP contribution in [0.2, 0.25) is 0 Å². The molecule has 59 heavy (non-hydrogen) atoms. The molecule has 0 aliphatic carbocycles. The van der Waals surface area contributed by atoms with Crippen LogP contribution in [0, 0.1) is 0 Å². The lowest BCUT2D eigenvalue weighted by atomic mass is 9.79. The fourth-order valence-electron chi connectivity index (χ4n) is 8.83. The summed E-state index contributed by atoms with van der Waals surface area (Å²) in [4.78, 5) is 17.4. The molecule has 0 aromatic heterocycles. The number of rotatable bonds is 19. The molecule has 4 aromatic rings. The molecular formula is C48H56N6O4S. The predicted octanol–water partition coefficient (Wildman–Crippen LogP) is 10.4. The van der Waals surface area contributed by atoms with Crippen LogP contribution in [0.4, 0.5) is 11.4 Å². The highest BCUT2D eigenvalue weighted by atomic mass is 32.2. The van der Waals surface area contributed by atoms with E-state index in [2.05, 4.69) is 156 Å². The SMILES string of the molecule is CC1(C)C(=CC=CC=CC=CC2=[N+](CCCCCC(=O)NCCCN=[N+]=[N-])c3ccc4ccccc4c3C2(C)C)N(CCCCS(=O)(=O)[O-])c2ccc3ccccc3c21. The number of nitrogens with zero attached hydrogens (tertiary/aromatic N) is 5. The monoisotopic (exact) mass is 812 g/mol. The molecule has 10 nitrogen and oxygen atoms in total. The third-order valence-corrected chi connectivity index (χ3v) is 12.4. The first-order valence-corrected chi connectivity index (χ1v) is 22.3. The molecule has 1 amide bonds. The lowest BCUT2D eigenvalue weighted by Crippen LogP contribution is -2.28. The number of allylic oxidation sites excluding steroid dienone is 8. The van der Waals surface area contributed by atoms with Crippen LogP contribution >= 0.6 is 0 Å². The Morgan fingerprint density at radius 2 is 1.49 bits per heavy atom. The van der Waals surface area contributed by atoms with E-state index in [1.807, 2.05) is 12.2 Å². The van der Waals surface area contributed by atoms with Gasteiger partial charge in [-0.15, -0.1) is 0 Å². The van der Waals surface area contributed by atoms with Crippen molar-refractivity contribution in [1.82, 2.24) is 5.32 Å². The number of hydrogen-bond donors (Lipinski definition) is 1. The highest BCUT2D eigenvalue weighted by Gasteiger charge is 2.45. The van der Waals surface area contributed by atoms with E-state index in [1.165, 1.54) is 44.1 Å². The first-order valence-electron chi connectivity index (χ1n) is 20.7. The van der Waals surface area contributed by atoms with Crippen LogP contribution in [0.15, 0.2) is 126 Å². The maximum Gasteiger partial charge on any atom is 0.219 e. The number of unbranched alkanes of at least 4 members (excludes halogenated alkanes) is 3. The Morgan fingerprint density at radius 3 is 2.22 bits per heavy atom. The zero-order chi connectivity index (χ0) is 42.0. The number of fused-ring (bicyclic) bond motifs is 6. The molecule has 2 heterocycles. The van der Waals surface area contributed by atoms with E-state index < -0.39 is 10.1 Å². The van der Waals surface area contributed by atoms with Gasteiger partial charge >= 0.3 is 0 Å². The Bertz CT molecular complexity index is 2510. The van der Waals surface area contributed by atoms with Crippen molar-refractivity contribution < 1.29 is 22.3 Å². The van der Waals surface area contributed by atoms with Crippen molar-refractivity contribution in [3.05, 3.63) is 143 Å². The van der Waals surface area contributed by atoms with Crippen LogP contribution in [-0.2, 0) is 25.7 Å². The molecule has 0 bridgehead atoms. The number of benzene rings is 4. The Balaban J connectivity index is 1.18. The Hall–Kier alpha value is -5.48. The zero-order valence-corrected chi connectivity index (χ0v) is 35.5. The molecule has 11 heteroatoms. The summed E-state index contributed by atoms with van der Waals surface area (Å²) in [6.07, 6.45) is 19.4. The molecule has 4 aromatic carbocycles. The molecule has 6 rings (SSSR count). The summed E-state index contributed by atoms with van der Waals surface area (Å²) in [5.41, 5.74) is 15.2. The maximum absolute atomic E-state index is 12.3. The molecule has 0 saturated heterocycles. The third kappa shape index (κ3) is 10.0. The zero-order valence-electron chi connectivity index (χ0n) is 34.7. The van der Waals surface area contributed by atoms with Crippen LogP contribution in [0.1, 0.15) is 83.8 Å². The summed E-state index contributed by atoms with van der Waals surface area (Å²) in [6, 6.07) is 25.7. The van der Waals surface area contributed by atoms with Gasteiger partial charge in [0, 0.05) is 77.6 Å². The number of nitrogens with one attached hydrogen (secondary N) is 1. The fraction of sp³-hybridized carbons (Fsp3) is 0.375. The lowest BCUT2D eigenvalue weighted by molar-refractivity contribution is -0.438. The molecule has 0 fully saturated rings. The van der Waals surface area contributed by atoms with Gasteiger partial charge in [0.25, 0.3) is 0 Å². The van der Waals surface area contributed by atoms with Crippen molar-refractivity contribution in [2.75, 3.05) is 36.8 Å². The van der Waals surface area contributed by atoms with Gasteiger partial charge in [-0.2, -0.15) is 4.58 Å². The van der Waals surface area contributed by atoms with Crippen LogP contribution in [0.3, 0.4) is 0 Å². The molecule has 0 saturated carbocycles. The number of azide groups is 1. The molecule has 2 aliphatic heterocycles. The minimum Gasteiger partial charge on any atom is -0.748 e. The Labute approximate surface area is 349 Å². The van der Waals surface area contributed by atoms with E-state index in [9.17, 15) is 17.8 Å². The van der Waals surface area contributed by atoms with Crippen molar-refractivity contribution in [3.8, 4) is 0 Å². The highest BCUT2D eigenvalue weighted by molar-refractivity contribution is 7.85. The standard InChI is InChI=1S/C48H56N6O4S/c1-47(2)42(53(40-29-27-36-20-12-14-22-38(36)45(40)47)33-16-8-11-26-44(55)50-31-19-32-51-52-49)24-9-6-5-7-10-25-43-48(3,4)46-39-23-15-13-21-37(39)28-30-41(46)54(43)34-17-18-35-59(56,57)58/h5-7,9-10,12-15,20-25,27-30H,8,11,16-19,26,31-35H2,1-4H3,(H-,50,55,56,57,58). The average molecular weight is 813 g/mol. The van der Waals surface area contributed by atoms with E-state index in [0.717, 1.165) is 37.2 Å². The lowest BCUT2D eigenvalue weighted by Gasteiger charge is -2.27. The van der Waals surface area contributed by atoms with Gasteiger partial charge in [-0.05, 0) is 96.8 Å². The van der Waals surface area contributed by atoms with Gasteiger partial charge in [0.15, 0.2) is 5.71 Å². The van der Waals surface area contributed by atoms with Crippen molar-refractivity contribution in [2.45, 2.75) is 83.5 Å². The Morgan fingerprint density at radius 1 is 0.814 bits per heavy atom. The van der Waals surface area contributed by atoms with E-state index in [4.69, 9.17) is 5.53 Å². The number of amides is 1. The minimum atomic E-state index is -4.26. The number of anilines is 1. The van der Waals surface area contributed by atoms with Crippen LogP contribution in [-0.4, -0.2) is 61.1 Å². The minimum absolute atomic E-state index is 0.0343. The van der Waals surface area contributed by atoms with Gasteiger partial charge in [-0.3, -0.25) is 4.79 Å². The number of carbonyl (C=O) groups is 1. The highest BCUT2D eigenvalue weighted by Crippen LogP contribution is 2.51. The van der Waals surface area contributed by atoms with Gasteiger partial charge in [0.1, 0.15) is 6.54 Å². The number of hydrogen-bond acceptors (Lipinski definition) is 6. The molecule has 0 unspecified atom stereocenters. The largest absolute Gasteiger partial charge is 0.748 e. The van der Waals surface area contributed by atoms with Gasteiger partial charge in [-0.25, -0.2) is 8.42 Å². The van der Waals surface area contributed by atoms with Crippen molar-refractivity contribution in [2.24, 2.45) is 5.11 Å². The smallest absolute Gasteiger partial charge is 0.219 e. The summed E-state index contributed by atoms with van der Waals surface area (Å²) in [5, 5.41) is 11.3. The molecule has 1 N–H and O–H groups in total. The molecule has 308 valence electrons. The summed E-state index contributed by atoms with van der Waals surface area (Å²) < 4.78 is 36.4. The Kier molecular flexibility index (Phi) is 13.9. The van der Waals surface area contributed by atoms with E-state index in [0.29, 0.717) is 45.3 Å². The van der Waals surface area contributed by atoms with Gasteiger partial charge < -0.3 is 14.8 Å². The van der Waals surface area contributed by atoms with Crippen LogP contribution in [0.25, 0.3) is 32.0 Å². The molecular weight excluding hydrogens is 757 g/mol. The summed E-state index contributed by atoms with van der Waals surface area (Å²) in [6.45, 7) is 11.4. The maximum atomic E-state index is 12.3. The van der Waals surface area contributed by atoms with Gasteiger partial charge in [0.05, 0.1) is 15.5 Å². The van der Waals surface area contributed by atoms with E-state index >= 15 is 0 Å². The van der Waals surface area contributed by atoms with E-state index in [-0.39, 0.29) is 22.5 Å². The topological polar surface area (TPSA) is 141 Å². The third-order valence-electron chi connectivity index (χ3n) is 11.6. The second-order valence-corrected chi connectivity index (χ2v) is 17.9. The predicted molar refractivity (Wildman–Crippen MR) is 240 cm³/mol. The van der Waals surface area contributed by atoms with Crippen molar-refractivity contribution in [1.29, 1.82) is 0 Å². The normalized spacial score (nSPS) is 16.6. The molecule has 2 aliphatic rings. The van der Waals surface area contributed by atoms with Crippen molar-refractivity contribution in [3.63, 3.8) is 0 Å². The summed E-state index contributed by atoms with van der Waals surface area (Å²) in [7, 11) is -4.26. The second kappa shape index (κ2) is 19.1.